The van der Waals surface area contributed by atoms with Crippen molar-refractivity contribution in [2.75, 3.05) is 0 Å². The van der Waals surface area contributed by atoms with Crippen LogP contribution in [0.3, 0.4) is 0 Å². The summed E-state index contributed by atoms with van der Waals surface area (Å²) in [6.45, 7) is 10.8. The molecule has 0 aliphatic rings. The lowest BCUT2D eigenvalue weighted by Crippen LogP contribution is -2.02. The zero-order valence-electron chi connectivity index (χ0n) is 31.3. The molecule has 0 aliphatic heterocycles. The van der Waals surface area contributed by atoms with E-state index in [0.29, 0.717) is 5.82 Å². The average Bonchev–Trinajstić information content (AvgIpc) is 3.21. The summed E-state index contributed by atoms with van der Waals surface area (Å²) in [6.07, 6.45) is 12.7. The van der Waals surface area contributed by atoms with Crippen molar-refractivity contribution < 1.29 is 0 Å². The van der Waals surface area contributed by atoms with Gasteiger partial charge < -0.3 is 0 Å². The third-order valence-electron chi connectivity index (χ3n) is 9.82. The quantitative estimate of drug-likeness (QED) is 0.144. The molecule has 0 saturated carbocycles. The fourth-order valence-corrected chi connectivity index (χ4v) is 7.25. The average molecular weight is 688 g/mol. The number of aryl methyl sites for hydroxylation is 1. The first-order valence-electron chi connectivity index (χ1n) is 18.6. The number of benzene rings is 5. The van der Waals surface area contributed by atoms with Gasteiger partial charge in [-0.25, -0.2) is 9.97 Å². The highest BCUT2D eigenvalue weighted by Gasteiger charge is 2.18. The number of nitrogens with zero attached hydrogens (tertiary/aromatic N) is 3. The van der Waals surface area contributed by atoms with Gasteiger partial charge in [0, 0.05) is 34.1 Å². The first-order chi connectivity index (χ1) is 26.0. The molecular formula is C50H45N3. The fourth-order valence-electron chi connectivity index (χ4n) is 7.25. The Morgan fingerprint density at radius 1 is 0.491 bits per heavy atom. The van der Waals surface area contributed by atoms with Crippen LogP contribution in [0.4, 0.5) is 0 Å². The van der Waals surface area contributed by atoms with E-state index < -0.39 is 0 Å². The maximum absolute atomic E-state index is 5.26. The fraction of sp³-hybridized carbons (Fsp3) is 0.140. The van der Waals surface area contributed by atoms with Crippen LogP contribution >= 0.6 is 0 Å². The minimum Gasteiger partial charge on any atom is -0.261 e. The lowest BCUT2D eigenvalue weighted by molar-refractivity contribution is 1.03. The summed E-state index contributed by atoms with van der Waals surface area (Å²) in [4.78, 5) is 15.1. The topological polar surface area (TPSA) is 38.7 Å². The zero-order valence-corrected chi connectivity index (χ0v) is 31.3. The Morgan fingerprint density at radius 2 is 1.06 bits per heavy atom. The first kappa shape index (κ1) is 35.2. The van der Waals surface area contributed by atoms with Crippen LogP contribution in [0.25, 0.3) is 79.4 Å². The molecule has 0 saturated heterocycles. The Kier molecular flexibility index (Phi) is 10.6. The molecule has 0 N–H and O–H groups in total. The molecule has 260 valence electrons. The van der Waals surface area contributed by atoms with Gasteiger partial charge in [-0.3, -0.25) is 4.98 Å². The van der Waals surface area contributed by atoms with Crippen molar-refractivity contribution in [3.8, 4) is 67.3 Å². The molecule has 53 heavy (non-hydrogen) atoms. The van der Waals surface area contributed by atoms with Crippen molar-refractivity contribution in [1.29, 1.82) is 0 Å². The Morgan fingerprint density at radius 3 is 1.64 bits per heavy atom. The van der Waals surface area contributed by atoms with Crippen molar-refractivity contribution in [1.82, 2.24) is 15.0 Å². The number of hydrogen-bond donors (Lipinski definition) is 0. The Bertz CT molecular complexity index is 2360. The molecular weight excluding hydrogens is 643 g/mol. The second-order valence-electron chi connectivity index (χ2n) is 13.4. The molecule has 0 unspecified atom stereocenters. The summed E-state index contributed by atoms with van der Waals surface area (Å²) in [5.41, 5.74) is 18.0. The molecule has 0 fully saturated rings. The van der Waals surface area contributed by atoms with Crippen LogP contribution in [0, 0.1) is 6.92 Å². The zero-order chi connectivity index (χ0) is 36.7. The van der Waals surface area contributed by atoms with Crippen molar-refractivity contribution in [3.63, 3.8) is 0 Å². The van der Waals surface area contributed by atoms with Crippen LogP contribution in [0.2, 0.25) is 0 Å². The molecule has 0 aliphatic carbocycles. The molecule has 0 spiro atoms. The first-order valence-corrected chi connectivity index (χ1v) is 18.6. The van der Waals surface area contributed by atoms with Gasteiger partial charge in [-0.2, -0.15) is 0 Å². The van der Waals surface area contributed by atoms with E-state index in [1.54, 1.807) is 0 Å². The monoisotopic (exact) mass is 687 g/mol. The molecule has 0 radical (unpaired) electrons. The maximum atomic E-state index is 5.26. The highest BCUT2D eigenvalue weighted by atomic mass is 14.9. The second-order valence-corrected chi connectivity index (χ2v) is 13.4. The van der Waals surface area contributed by atoms with Crippen LogP contribution in [0.5, 0.6) is 0 Å². The van der Waals surface area contributed by atoms with E-state index in [1.807, 2.05) is 25.3 Å². The standard InChI is InChI=1S/C50H45N3/c1-6-17-39-31-47(46(18-7-2)45(9-4)44(39)8-3)42-28-41(38-24-16-23-37(27-38)40-26-25-34(5)51-33-40)29-43(30-42)50-52-48(35-19-12-10-13-20-35)32-49(53-50)36-21-14-11-15-22-36/h6-7,10-33H,8-9H2,1-5H3/b17-6-,18-7-. The summed E-state index contributed by atoms with van der Waals surface area (Å²) in [5, 5.41) is 0. The summed E-state index contributed by atoms with van der Waals surface area (Å²) >= 11 is 0. The molecule has 3 nitrogen and oxygen atoms in total. The van der Waals surface area contributed by atoms with E-state index >= 15 is 0 Å². The van der Waals surface area contributed by atoms with Crippen LogP contribution in [-0.2, 0) is 12.8 Å². The van der Waals surface area contributed by atoms with Gasteiger partial charge in [0.25, 0.3) is 0 Å². The minimum absolute atomic E-state index is 0.689. The molecule has 7 aromatic rings. The lowest BCUT2D eigenvalue weighted by Gasteiger charge is -2.20. The van der Waals surface area contributed by atoms with Gasteiger partial charge >= 0.3 is 0 Å². The molecule has 0 atom stereocenters. The number of hydrogen-bond acceptors (Lipinski definition) is 3. The van der Waals surface area contributed by atoms with Gasteiger partial charge in [0.15, 0.2) is 5.82 Å². The summed E-state index contributed by atoms with van der Waals surface area (Å²) < 4.78 is 0. The van der Waals surface area contributed by atoms with Crippen LogP contribution in [0.1, 0.15) is 55.6 Å². The molecule has 0 bridgehead atoms. The number of rotatable bonds is 10. The van der Waals surface area contributed by atoms with E-state index in [1.165, 1.54) is 27.8 Å². The Hall–Kier alpha value is -6.19. The molecule has 2 heterocycles. The Balaban J connectivity index is 1.52. The third-order valence-corrected chi connectivity index (χ3v) is 9.82. The molecule has 2 aromatic heterocycles. The van der Waals surface area contributed by atoms with Gasteiger partial charge in [-0.15, -0.1) is 0 Å². The van der Waals surface area contributed by atoms with Gasteiger partial charge in [0.05, 0.1) is 11.4 Å². The van der Waals surface area contributed by atoms with Gasteiger partial charge in [0.2, 0.25) is 0 Å². The number of aromatic nitrogens is 3. The predicted octanol–water partition coefficient (Wildman–Crippen LogP) is 13.4. The molecule has 5 aromatic carbocycles. The maximum Gasteiger partial charge on any atom is 0.160 e. The van der Waals surface area contributed by atoms with Crippen molar-refractivity contribution in [2.45, 2.75) is 47.5 Å². The van der Waals surface area contributed by atoms with E-state index in [9.17, 15) is 0 Å². The van der Waals surface area contributed by atoms with Gasteiger partial charge in [-0.1, -0.05) is 123 Å². The van der Waals surface area contributed by atoms with Crippen molar-refractivity contribution in [2.24, 2.45) is 0 Å². The number of pyridine rings is 1. The lowest BCUT2D eigenvalue weighted by atomic mass is 9.84. The van der Waals surface area contributed by atoms with Crippen LogP contribution in [0.15, 0.2) is 146 Å². The van der Waals surface area contributed by atoms with Crippen molar-refractivity contribution >= 4 is 12.2 Å². The Labute approximate surface area is 314 Å². The SMILES string of the molecule is C/C=C\c1cc(-c2cc(-c3cccc(-c4ccc(C)nc4)c3)cc(-c3nc(-c4ccccc4)cc(-c4ccccc4)n3)c2)c(/C=C\C)c(CC)c1CC. The number of allylic oxidation sites excluding steroid dienone is 2. The molecule has 3 heteroatoms. The van der Waals surface area contributed by atoms with Gasteiger partial charge in [0.1, 0.15) is 0 Å². The summed E-state index contributed by atoms with van der Waals surface area (Å²) in [7, 11) is 0. The smallest absolute Gasteiger partial charge is 0.160 e. The van der Waals surface area contributed by atoms with E-state index in [0.717, 1.165) is 74.4 Å². The van der Waals surface area contributed by atoms with Crippen molar-refractivity contribution in [3.05, 3.63) is 174 Å². The summed E-state index contributed by atoms with van der Waals surface area (Å²) in [5.74, 6) is 0.689. The van der Waals surface area contributed by atoms with Crippen LogP contribution in [-0.4, -0.2) is 15.0 Å². The van der Waals surface area contributed by atoms with Crippen LogP contribution < -0.4 is 0 Å². The molecule has 0 amide bonds. The minimum atomic E-state index is 0.689. The summed E-state index contributed by atoms with van der Waals surface area (Å²) in [6, 6.07) is 45.1. The third kappa shape index (κ3) is 7.56. The van der Waals surface area contributed by atoms with E-state index in [-0.39, 0.29) is 0 Å². The van der Waals surface area contributed by atoms with E-state index in [4.69, 9.17) is 9.97 Å². The van der Waals surface area contributed by atoms with E-state index in [2.05, 4.69) is 172 Å². The second kappa shape index (κ2) is 16.0. The highest BCUT2D eigenvalue weighted by molar-refractivity contribution is 5.87. The highest BCUT2D eigenvalue weighted by Crippen LogP contribution is 2.39. The van der Waals surface area contributed by atoms with Gasteiger partial charge in [-0.05, 0) is 126 Å². The molecule has 7 rings (SSSR count). The predicted molar refractivity (Wildman–Crippen MR) is 225 cm³/mol. The normalized spacial score (nSPS) is 11.5. The largest absolute Gasteiger partial charge is 0.261 e.